The van der Waals surface area contributed by atoms with Gasteiger partial charge in [0.2, 0.25) is 0 Å². The minimum Gasteiger partial charge on any atom is -0.478 e. The van der Waals surface area contributed by atoms with E-state index in [1.807, 2.05) is 30.3 Å². The van der Waals surface area contributed by atoms with Crippen LogP contribution in [0.3, 0.4) is 0 Å². The van der Waals surface area contributed by atoms with Crippen LogP contribution in [0.5, 0.6) is 0 Å². The van der Waals surface area contributed by atoms with Crippen LogP contribution in [0.1, 0.15) is 54.1 Å². The maximum Gasteiger partial charge on any atom is 0.352 e. The molecule has 1 N–H and O–H groups in total. The van der Waals surface area contributed by atoms with E-state index in [1.54, 1.807) is 20.8 Å². The molecule has 0 saturated heterocycles. The fourth-order valence-electron chi connectivity index (χ4n) is 3.13. The number of pyridine rings is 1. The van der Waals surface area contributed by atoms with Gasteiger partial charge in [0.1, 0.15) is 12.2 Å². The molecule has 0 bridgehead atoms. The maximum absolute atomic E-state index is 15.0. The van der Waals surface area contributed by atoms with Crippen molar-refractivity contribution in [2.75, 3.05) is 0 Å². The Morgan fingerprint density at radius 3 is 2.52 bits per heavy atom. The summed E-state index contributed by atoms with van der Waals surface area (Å²) >= 11 is 6.01. The van der Waals surface area contributed by atoms with Gasteiger partial charge in [0.05, 0.1) is 17.3 Å². The van der Waals surface area contributed by atoms with Crippen molar-refractivity contribution >= 4 is 17.6 Å². The highest BCUT2D eigenvalue weighted by molar-refractivity contribution is 6.34. The van der Waals surface area contributed by atoms with E-state index < -0.39 is 33.9 Å². The van der Waals surface area contributed by atoms with Crippen molar-refractivity contribution in [2.24, 2.45) is 0 Å². The van der Waals surface area contributed by atoms with Crippen LogP contribution in [0.15, 0.2) is 35.1 Å². The van der Waals surface area contributed by atoms with Crippen LogP contribution in [-0.4, -0.2) is 30.4 Å². The van der Waals surface area contributed by atoms with Crippen LogP contribution in [0.2, 0.25) is 5.02 Å². The third kappa shape index (κ3) is 4.52. The Kier molecular flexibility index (Phi) is 6.87. The van der Waals surface area contributed by atoms with Crippen LogP contribution in [-0.2, 0) is 24.5 Å². The van der Waals surface area contributed by atoms with E-state index >= 15 is 0 Å². The number of halogens is 2. The van der Waals surface area contributed by atoms with E-state index in [0.29, 0.717) is 6.61 Å². The summed E-state index contributed by atoms with van der Waals surface area (Å²) in [5.41, 5.74) is -0.0280. The first-order valence-electron chi connectivity index (χ1n) is 9.69. The normalized spacial score (nSPS) is 11.3. The van der Waals surface area contributed by atoms with Crippen molar-refractivity contribution in [1.29, 1.82) is 0 Å². The predicted molar refractivity (Wildman–Crippen MR) is 112 cm³/mol. The topological polar surface area (TPSA) is 99.2 Å². The van der Waals surface area contributed by atoms with Gasteiger partial charge in [0.25, 0.3) is 0 Å². The lowest BCUT2D eigenvalue weighted by molar-refractivity contribution is 0.0694. The number of benzene rings is 1. The van der Waals surface area contributed by atoms with E-state index in [2.05, 4.69) is 10.1 Å². The van der Waals surface area contributed by atoms with E-state index in [-0.39, 0.29) is 30.6 Å². The molecule has 164 valence electrons. The standard InChI is InChI=1S/C21H22ClFN4O4/c1-4-26-14(11-31-10-13-8-6-5-7-9-13)25-27(21(26)30)19-17(23)16(22)15(20(28)29)18(24-19)12(2)3/h5-9,12H,4,10-11H2,1-3H3,(H,28,29). The molecule has 2 aromatic heterocycles. The molecule has 0 saturated carbocycles. The smallest absolute Gasteiger partial charge is 0.352 e. The van der Waals surface area contributed by atoms with Gasteiger partial charge in [0, 0.05) is 6.54 Å². The first kappa shape index (κ1) is 22.6. The summed E-state index contributed by atoms with van der Waals surface area (Å²) in [6, 6.07) is 9.49. The van der Waals surface area contributed by atoms with Crippen LogP contribution in [0, 0.1) is 5.82 Å². The number of hydrogen-bond acceptors (Lipinski definition) is 5. The highest BCUT2D eigenvalue weighted by Gasteiger charge is 2.27. The van der Waals surface area contributed by atoms with E-state index in [4.69, 9.17) is 16.3 Å². The lowest BCUT2D eigenvalue weighted by Crippen LogP contribution is -2.26. The second-order valence-corrected chi connectivity index (χ2v) is 7.49. The number of aromatic carboxylic acids is 1. The molecule has 1 aromatic carbocycles. The Labute approximate surface area is 182 Å². The number of ether oxygens (including phenoxy) is 1. The highest BCUT2D eigenvalue weighted by Crippen LogP contribution is 2.30. The molecule has 0 aliphatic carbocycles. The lowest BCUT2D eigenvalue weighted by atomic mass is 10.0. The zero-order chi connectivity index (χ0) is 22.7. The number of rotatable bonds is 8. The Morgan fingerprint density at radius 1 is 1.26 bits per heavy atom. The summed E-state index contributed by atoms with van der Waals surface area (Å²) < 4.78 is 22.7. The molecule has 3 aromatic rings. The minimum absolute atomic E-state index is 0.0184. The molecule has 31 heavy (non-hydrogen) atoms. The largest absolute Gasteiger partial charge is 0.478 e. The van der Waals surface area contributed by atoms with E-state index in [0.717, 1.165) is 10.2 Å². The molecule has 0 radical (unpaired) electrons. The van der Waals surface area contributed by atoms with Crippen molar-refractivity contribution in [3.63, 3.8) is 0 Å². The zero-order valence-corrected chi connectivity index (χ0v) is 18.1. The third-order valence-electron chi connectivity index (χ3n) is 4.65. The van der Waals surface area contributed by atoms with Gasteiger partial charge in [-0.3, -0.25) is 4.57 Å². The van der Waals surface area contributed by atoms with Crippen molar-refractivity contribution in [3.05, 3.63) is 74.3 Å². The summed E-state index contributed by atoms with van der Waals surface area (Å²) in [5.74, 6) is -3.05. The van der Waals surface area contributed by atoms with Crippen LogP contribution >= 0.6 is 11.6 Å². The third-order valence-corrected chi connectivity index (χ3v) is 5.01. The first-order chi connectivity index (χ1) is 14.8. The molecule has 0 unspecified atom stereocenters. The second kappa shape index (κ2) is 9.40. The molecule has 0 aliphatic heterocycles. The highest BCUT2D eigenvalue weighted by atomic mass is 35.5. The quantitative estimate of drug-likeness (QED) is 0.563. The van der Waals surface area contributed by atoms with Crippen molar-refractivity contribution in [3.8, 4) is 5.82 Å². The molecule has 3 rings (SSSR count). The zero-order valence-electron chi connectivity index (χ0n) is 17.3. The van der Waals surface area contributed by atoms with Crippen LogP contribution < -0.4 is 5.69 Å². The molecule has 2 heterocycles. The fraction of sp³-hybridized carbons (Fsp3) is 0.333. The summed E-state index contributed by atoms with van der Waals surface area (Å²) in [6.07, 6.45) is 0. The SMILES string of the molecule is CCn1c(COCc2ccccc2)nn(-c2nc(C(C)C)c(C(=O)O)c(Cl)c2F)c1=O. The van der Waals surface area contributed by atoms with Gasteiger partial charge in [0.15, 0.2) is 17.5 Å². The molecule has 0 spiro atoms. The molecule has 10 heteroatoms. The number of nitrogens with zero attached hydrogens (tertiary/aromatic N) is 4. The number of carbonyl (C=O) groups is 1. The minimum atomic E-state index is -1.40. The average molecular weight is 449 g/mol. The Balaban J connectivity index is 2.01. The van der Waals surface area contributed by atoms with Crippen molar-refractivity contribution < 1.29 is 19.0 Å². The van der Waals surface area contributed by atoms with Crippen LogP contribution in [0.4, 0.5) is 4.39 Å². The van der Waals surface area contributed by atoms with Gasteiger partial charge in [-0.25, -0.2) is 19.0 Å². The number of carboxylic acid groups (broad SMARTS) is 1. The average Bonchev–Trinajstić information content (AvgIpc) is 3.05. The molecule has 8 nitrogen and oxygen atoms in total. The predicted octanol–water partition coefficient (Wildman–Crippen LogP) is 3.78. The van der Waals surface area contributed by atoms with E-state index in [1.165, 1.54) is 4.57 Å². The second-order valence-electron chi connectivity index (χ2n) is 7.12. The van der Waals surface area contributed by atoms with Crippen LogP contribution in [0.25, 0.3) is 5.82 Å². The van der Waals surface area contributed by atoms with Crippen molar-refractivity contribution in [1.82, 2.24) is 19.3 Å². The van der Waals surface area contributed by atoms with Gasteiger partial charge in [-0.05, 0) is 18.4 Å². The van der Waals surface area contributed by atoms with E-state index in [9.17, 15) is 19.1 Å². The molecule has 0 atom stereocenters. The molecule has 0 amide bonds. The molecular formula is C21H22ClFN4O4. The molecule has 0 aliphatic rings. The number of carboxylic acids is 1. The number of aromatic nitrogens is 4. The summed E-state index contributed by atoms with van der Waals surface area (Å²) in [6.45, 7) is 5.76. The van der Waals surface area contributed by atoms with Gasteiger partial charge in [-0.15, -0.1) is 5.10 Å². The molecule has 0 fully saturated rings. The maximum atomic E-state index is 15.0. The van der Waals surface area contributed by atoms with Gasteiger partial charge >= 0.3 is 11.7 Å². The fourth-order valence-corrected chi connectivity index (χ4v) is 3.40. The lowest BCUT2D eigenvalue weighted by Gasteiger charge is -2.13. The van der Waals surface area contributed by atoms with Crippen molar-refractivity contribution in [2.45, 2.75) is 46.4 Å². The van der Waals surface area contributed by atoms with Gasteiger partial charge < -0.3 is 9.84 Å². The summed E-state index contributed by atoms with van der Waals surface area (Å²) in [5, 5.41) is 13.0. The monoisotopic (exact) mass is 448 g/mol. The Morgan fingerprint density at radius 2 is 1.94 bits per heavy atom. The Bertz CT molecular complexity index is 1160. The summed E-state index contributed by atoms with van der Waals surface area (Å²) in [7, 11) is 0. The Hall–Kier alpha value is -3.04. The number of hydrogen-bond donors (Lipinski definition) is 1. The van der Waals surface area contributed by atoms with Gasteiger partial charge in [-0.2, -0.15) is 4.68 Å². The summed E-state index contributed by atoms with van der Waals surface area (Å²) in [4.78, 5) is 28.5. The van der Waals surface area contributed by atoms with Gasteiger partial charge in [-0.1, -0.05) is 55.8 Å². The molecular weight excluding hydrogens is 427 g/mol. The first-order valence-corrected chi connectivity index (χ1v) is 10.1.